The summed E-state index contributed by atoms with van der Waals surface area (Å²) >= 11 is 0. The summed E-state index contributed by atoms with van der Waals surface area (Å²) < 4.78 is 22.0. The fourth-order valence-electron chi connectivity index (χ4n) is 5.20. The van der Waals surface area contributed by atoms with Crippen molar-refractivity contribution in [3.05, 3.63) is 45.6 Å². The Hall–Kier alpha value is -3.79. The lowest BCUT2D eigenvalue weighted by molar-refractivity contribution is -0.121. The standard InChI is InChI=1S/C31H43N3O7/c1-20(35)34-24-13-11-21-18-27(39-3)30(40-4)31(41-5)29(21)22-12-14-25(26(36)19-23(22)24)32-15-8-6-7-10-28(37)33-16-9-17-38-2/h12,14,18-19,24H,6-11,13,15-17H2,1-5H3,(H,32,36)(H,33,37)(H,34,35)/t24-/m1/s1. The fourth-order valence-corrected chi connectivity index (χ4v) is 5.20. The van der Waals surface area contributed by atoms with Crippen LogP contribution in [-0.2, 0) is 20.7 Å². The van der Waals surface area contributed by atoms with Crippen LogP contribution in [0.25, 0.3) is 11.1 Å². The first-order valence-electron chi connectivity index (χ1n) is 14.1. The Labute approximate surface area is 242 Å². The molecule has 41 heavy (non-hydrogen) atoms. The monoisotopic (exact) mass is 569 g/mol. The number of carbonyl (C=O) groups is 2. The van der Waals surface area contributed by atoms with E-state index in [2.05, 4.69) is 16.0 Å². The van der Waals surface area contributed by atoms with E-state index in [1.165, 1.54) is 6.92 Å². The Morgan fingerprint density at radius 2 is 1.71 bits per heavy atom. The van der Waals surface area contributed by atoms with E-state index in [1.807, 2.05) is 12.1 Å². The molecule has 0 aromatic heterocycles. The van der Waals surface area contributed by atoms with Crippen LogP contribution in [0.3, 0.4) is 0 Å². The minimum atomic E-state index is -0.356. The molecule has 0 bridgehead atoms. The van der Waals surface area contributed by atoms with Gasteiger partial charge < -0.3 is 34.9 Å². The van der Waals surface area contributed by atoms with Crippen molar-refractivity contribution < 1.29 is 28.5 Å². The summed E-state index contributed by atoms with van der Waals surface area (Å²) in [5, 5.41) is 9.18. The van der Waals surface area contributed by atoms with E-state index in [0.717, 1.165) is 47.9 Å². The first-order chi connectivity index (χ1) is 19.8. The van der Waals surface area contributed by atoms with Gasteiger partial charge in [-0.3, -0.25) is 14.4 Å². The van der Waals surface area contributed by atoms with Crippen molar-refractivity contribution in [2.45, 2.75) is 57.9 Å². The summed E-state index contributed by atoms with van der Waals surface area (Å²) in [4.78, 5) is 37.4. The van der Waals surface area contributed by atoms with Crippen molar-refractivity contribution in [1.82, 2.24) is 10.6 Å². The summed E-state index contributed by atoms with van der Waals surface area (Å²) in [5.41, 5.74) is 3.60. The van der Waals surface area contributed by atoms with Gasteiger partial charge in [-0.05, 0) is 67.0 Å². The smallest absolute Gasteiger partial charge is 0.219 e. The van der Waals surface area contributed by atoms with Gasteiger partial charge in [0.15, 0.2) is 11.5 Å². The second kappa shape index (κ2) is 15.9. The number of amides is 2. The third-order valence-electron chi connectivity index (χ3n) is 7.16. The molecule has 224 valence electrons. The molecule has 3 N–H and O–H groups in total. The quantitative estimate of drug-likeness (QED) is 0.275. The molecule has 0 heterocycles. The Balaban J connectivity index is 1.82. The highest BCUT2D eigenvalue weighted by atomic mass is 16.5. The van der Waals surface area contributed by atoms with Crippen molar-refractivity contribution in [3.8, 4) is 28.4 Å². The number of nitrogens with one attached hydrogen (secondary N) is 3. The van der Waals surface area contributed by atoms with Crippen LogP contribution in [0.2, 0.25) is 0 Å². The van der Waals surface area contributed by atoms with Gasteiger partial charge >= 0.3 is 0 Å². The molecular weight excluding hydrogens is 526 g/mol. The van der Waals surface area contributed by atoms with Crippen LogP contribution in [0, 0.1) is 0 Å². The predicted molar refractivity (Wildman–Crippen MR) is 159 cm³/mol. The highest BCUT2D eigenvalue weighted by molar-refractivity contribution is 5.83. The number of carbonyl (C=O) groups excluding carboxylic acids is 2. The van der Waals surface area contributed by atoms with Crippen LogP contribution in [0.1, 0.15) is 62.6 Å². The molecule has 0 unspecified atom stereocenters. The molecule has 0 spiro atoms. The highest BCUT2D eigenvalue weighted by Crippen LogP contribution is 2.50. The Morgan fingerprint density at radius 1 is 0.927 bits per heavy atom. The number of rotatable bonds is 15. The van der Waals surface area contributed by atoms with Crippen LogP contribution in [0.4, 0.5) is 5.69 Å². The van der Waals surface area contributed by atoms with E-state index < -0.39 is 0 Å². The van der Waals surface area contributed by atoms with Gasteiger partial charge in [-0.1, -0.05) is 12.5 Å². The van der Waals surface area contributed by atoms with Gasteiger partial charge in [0.05, 0.1) is 33.1 Å². The number of benzene rings is 1. The van der Waals surface area contributed by atoms with Gasteiger partial charge in [-0.2, -0.15) is 0 Å². The lowest BCUT2D eigenvalue weighted by Gasteiger charge is -2.19. The maximum absolute atomic E-state index is 13.4. The lowest BCUT2D eigenvalue weighted by Crippen LogP contribution is -2.26. The Kier molecular flexibility index (Phi) is 12.3. The second-order valence-corrected chi connectivity index (χ2v) is 10.0. The molecule has 3 rings (SSSR count). The SMILES string of the molecule is COCCCNC(=O)CCCCCNc1ccc2c(cc1=O)[C@H](NC(C)=O)CCc1cc(OC)c(OC)c(OC)c1-2. The number of hydrogen-bond donors (Lipinski definition) is 3. The molecule has 2 aromatic rings. The van der Waals surface area contributed by atoms with Crippen molar-refractivity contribution in [2.75, 3.05) is 53.5 Å². The molecule has 1 aliphatic rings. The number of hydrogen-bond acceptors (Lipinski definition) is 8. The number of anilines is 1. The van der Waals surface area contributed by atoms with E-state index in [0.29, 0.717) is 61.9 Å². The zero-order valence-electron chi connectivity index (χ0n) is 24.8. The predicted octanol–water partition coefficient (Wildman–Crippen LogP) is 3.99. The minimum Gasteiger partial charge on any atom is -0.493 e. The molecular formula is C31H43N3O7. The molecule has 1 aliphatic carbocycles. The van der Waals surface area contributed by atoms with Gasteiger partial charge in [-0.25, -0.2) is 0 Å². The molecule has 0 aliphatic heterocycles. The molecule has 2 aromatic carbocycles. The zero-order valence-corrected chi connectivity index (χ0v) is 24.8. The van der Waals surface area contributed by atoms with Crippen molar-refractivity contribution in [2.24, 2.45) is 0 Å². The van der Waals surface area contributed by atoms with E-state index in [4.69, 9.17) is 18.9 Å². The van der Waals surface area contributed by atoms with Crippen LogP contribution in [-0.4, -0.2) is 59.9 Å². The molecule has 10 heteroatoms. The summed E-state index contributed by atoms with van der Waals surface area (Å²) in [6.07, 6.45) is 4.97. The number of aryl methyl sites for hydroxylation is 1. The summed E-state index contributed by atoms with van der Waals surface area (Å²) in [6.45, 7) is 3.32. The Bertz CT molecular complexity index is 1270. The van der Waals surface area contributed by atoms with Crippen molar-refractivity contribution >= 4 is 17.5 Å². The minimum absolute atomic E-state index is 0.0474. The maximum atomic E-state index is 13.4. The van der Waals surface area contributed by atoms with Gasteiger partial charge in [0.1, 0.15) is 0 Å². The second-order valence-electron chi connectivity index (χ2n) is 10.0. The fraction of sp³-hybridized carbons (Fsp3) is 0.516. The Morgan fingerprint density at radius 3 is 2.39 bits per heavy atom. The summed E-state index contributed by atoms with van der Waals surface area (Å²) in [6, 6.07) is 6.87. The number of methoxy groups -OCH3 is 4. The van der Waals surface area contributed by atoms with Crippen LogP contribution in [0.5, 0.6) is 17.2 Å². The van der Waals surface area contributed by atoms with Crippen molar-refractivity contribution in [1.29, 1.82) is 0 Å². The van der Waals surface area contributed by atoms with Gasteiger partial charge in [-0.15, -0.1) is 0 Å². The average molecular weight is 570 g/mol. The van der Waals surface area contributed by atoms with Gasteiger partial charge in [0, 0.05) is 45.7 Å². The lowest BCUT2D eigenvalue weighted by atomic mass is 9.95. The molecule has 0 fully saturated rings. The highest BCUT2D eigenvalue weighted by Gasteiger charge is 2.29. The number of unbranched alkanes of at least 4 members (excludes halogenated alkanes) is 2. The normalized spacial score (nSPS) is 13.7. The number of ether oxygens (including phenoxy) is 4. The molecule has 1 atom stereocenters. The van der Waals surface area contributed by atoms with Crippen LogP contribution < -0.4 is 35.6 Å². The van der Waals surface area contributed by atoms with E-state index in [1.54, 1.807) is 40.6 Å². The third-order valence-corrected chi connectivity index (χ3v) is 7.16. The number of fused-ring (bicyclic) bond motifs is 3. The van der Waals surface area contributed by atoms with Crippen LogP contribution >= 0.6 is 0 Å². The van der Waals surface area contributed by atoms with E-state index in [9.17, 15) is 14.4 Å². The molecule has 0 saturated carbocycles. The first-order valence-corrected chi connectivity index (χ1v) is 14.1. The first kappa shape index (κ1) is 31.7. The summed E-state index contributed by atoms with van der Waals surface area (Å²) in [7, 11) is 6.36. The van der Waals surface area contributed by atoms with E-state index in [-0.39, 0.29) is 23.3 Å². The zero-order chi connectivity index (χ0) is 29.8. The van der Waals surface area contributed by atoms with Crippen LogP contribution in [0.15, 0.2) is 29.1 Å². The molecule has 0 saturated heterocycles. The van der Waals surface area contributed by atoms with Gasteiger partial charge in [0.2, 0.25) is 23.0 Å². The van der Waals surface area contributed by atoms with Gasteiger partial charge in [0.25, 0.3) is 0 Å². The molecule has 10 nitrogen and oxygen atoms in total. The average Bonchev–Trinajstić information content (AvgIpc) is 3.20. The topological polar surface area (TPSA) is 124 Å². The molecule has 2 amide bonds. The summed E-state index contributed by atoms with van der Waals surface area (Å²) in [5.74, 6) is 1.41. The molecule has 0 radical (unpaired) electrons. The third kappa shape index (κ3) is 8.36. The van der Waals surface area contributed by atoms with E-state index >= 15 is 0 Å². The van der Waals surface area contributed by atoms with Crippen molar-refractivity contribution in [3.63, 3.8) is 0 Å². The maximum Gasteiger partial charge on any atom is 0.219 e. The largest absolute Gasteiger partial charge is 0.493 e.